The van der Waals surface area contributed by atoms with Gasteiger partial charge in [0.2, 0.25) is 11.7 Å². The lowest BCUT2D eigenvalue weighted by Gasteiger charge is -2.07. The van der Waals surface area contributed by atoms with Gasteiger partial charge < -0.3 is 4.52 Å². The second kappa shape index (κ2) is 7.73. The van der Waals surface area contributed by atoms with Gasteiger partial charge in [-0.05, 0) is 43.2 Å². The number of aromatic nitrogens is 5. The highest BCUT2D eigenvalue weighted by Gasteiger charge is 2.14. The van der Waals surface area contributed by atoms with Crippen LogP contribution in [0.25, 0.3) is 17.1 Å². The van der Waals surface area contributed by atoms with Gasteiger partial charge in [-0.25, -0.2) is 4.39 Å². The van der Waals surface area contributed by atoms with Gasteiger partial charge in [0.25, 0.3) is 0 Å². The minimum Gasteiger partial charge on any atom is -0.338 e. The summed E-state index contributed by atoms with van der Waals surface area (Å²) in [6, 6.07) is 10.6. The fourth-order valence-electron chi connectivity index (χ4n) is 2.52. The zero-order chi connectivity index (χ0) is 19.7. The smallest absolute Gasteiger partial charge is 0.237 e. The number of thioether (sulfide) groups is 1. The van der Waals surface area contributed by atoms with Gasteiger partial charge in [0.05, 0.1) is 11.4 Å². The molecular weight excluding hydrogens is 401 g/mol. The van der Waals surface area contributed by atoms with Crippen LogP contribution < -0.4 is 0 Å². The average molecular weight is 416 g/mol. The first-order chi connectivity index (χ1) is 13.5. The molecule has 0 aliphatic carbocycles. The molecule has 0 saturated carbocycles. The number of aryl methyl sites for hydroxylation is 2. The molecule has 0 aliphatic rings. The summed E-state index contributed by atoms with van der Waals surface area (Å²) in [5, 5.41) is 13.4. The largest absolute Gasteiger partial charge is 0.338 e. The Kier molecular flexibility index (Phi) is 5.15. The molecule has 0 bridgehead atoms. The Morgan fingerprint density at radius 1 is 1.14 bits per heavy atom. The Morgan fingerprint density at radius 2 is 1.96 bits per heavy atom. The molecule has 0 unspecified atom stereocenters. The molecule has 0 spiro atoms. The number of hydrogen-bond donors (Lipinski definition) is 0. The van der Waals surface area contributed by atoms with Crippen LogP contribution in [-0.4, -0.2) is 24.9 Å². The average Bonchev–Trinajstić information content (AvgIpc) is 3.34. The number of halogens is 2. The van der Waals surface area contributed by atoms with Crippen molar-refractivity contribution in [1.82, 2.24) is 24.9 Å². The highest BCUT2D eigenvalue weighted by molar-refractivity contribution is 7.98. The van der Waals surface area contributed by atoms with Gasteiger partial charge in [0, 0.05) is 10.6 Å². The monoisotopic (exact) mass is 415 g/mol. The Labute approximate surface area is 169 Å². The molecule has 4 rings (SSSR count). The van der Waals surface area contributed by atoms with Crippen molar-refractivity contribution in [2.45, 2.75) is 24.8 Å². The molecule has 0 radical (unpaired) electrons. The summed E-state index contributed by atoms with van der Waals surface area (Å²) in [5.74, 6) is 0.862. The van der Waals surface area contributed by atoms with Crippen LogP contribution in [0.4, 0.5) is 4.39 Å². The van der Waals surface area contributed by atoms with Gasteiger partial charge in [-0.2, -0.15) is 4.98 Å². The zero-order valence-electron chi connectivity index (χ0n) is 15.1. The van der Waals surface area contributed by atoms with E-state index in [4.69, 9.17) is 16.1 Å². The van der Waals surface area contributed by atoms with E-state index in [0.29, 0.717) is 38.8 Å². The lowest BCUT2D eigenvalue weighted by Crippen LogP contribution is -1.96. The maximum absolute atomic E-state index is 13.7. The third kappa shape index (κ3) is 3.79. The van der Waals surface area contributed by atoms with Crippen molar-refractivity contribution in [3.8, 4) is 17.1 Å². The predicted octanol–water partition coefficient (Wildman–Crippen LogP) is 5.02. The van der Waals surface area contributed by atoms with Crippen LogP contribution in [0.15, 0.2) is 52.4 Å². The first kappa shape index (κ1) is 18.6. The van der Waals surface area contributed by atoms with E-state index < -0.39 is 0 Å². The zero-order valence-corrected chi connectivity index (χ0v) is 16.6. The van der Waals surface area contributed by atoms with Crippen LogP contribution in [0, 0.1) is 19.7 Å². The normalized spacial score (nSPS) is 11.1. The molecule has 0 fully saturated rings. The molecule has 6 nitrogen and oxygen atoms in total. The molecule has 142 valence electrons. The quantitative estimate of drug-likeness (QED) is 0.426. The predicted molar refractivity (Wildman–Crippen MR) is 105 cm³/mol. The standard InChI is InChI=1S/C19H15ClFN5OS/c1-11-4-6-14(8-15(11)20)26-10-22-24-19(26)28-9-17-23-18(25-27-17)13-5-3-12(2)16(21)7-13/h3-8,10H,9H2,1-2H3. The van der Waals surface area contributed by atoms with Gasteiger partial charge in [-0.1, -0.05) is 46.7 Å². The highest BCUT2D eigenvalue weighted by Crippen LogP contribution is 2.26. The molecular formula is C19H15ClFN5OS. The van der Waals surface area contributed by atoms with E-state index in [2.05, 4.69) is 20.3 Å². The first-order valence-corrected chi connectivity index (χ1v) is 9.76. The summed E-state index contributed by atoms with van der Waals surface area (Å²) in [7, 11) is 0. The Hall–Kier alpha value is -2.71. The SMILES string of the molecule is Cc1ccc(-c2noc(CSc3nncn3-c3ccc(C)c(Cl)c3)n2)cc1F. The Balaban J connectivity index is 1.50. The van der Waals surface area contributed by atoms with Crippen LogP contribution >= 0.6 is 23.4 Å². The van der Waals surface area contributed by atoms with Crippen LogP contribution in [0.2, 0.25) is 5.02 Å². The Bertz CT molecular complexity index is 1140. The van der Waals surface area contributed by atoms with Gasteiger partial charge >= 0.3 is 0 Å². The molecule has 0 amide bonds. The molecule has 2 aromatic carbocycles. The minimum absolute atomic E-state index is 0.303. The van der Waals surface area contributed by atoms with Crippen molar-refractivity contribution >= 4 is 23.4 Å². The second-order valence-corrected chi connectivity index (χ2v) is 7.53. The highest BCUT2D eigenvalue weighted by atomic mass is 35.5. The fraction of sp³-hybridized carbons (Fsp3) is 0.158. The van der Waals surface area contributed by atoms with Gasteiger partial charge in [0.1, 0.15) is 12.1 Å². The van der Waals surface area contributed by atoms with Crippen molar-refractivity contribution in [2.24, 2.45) is 0 Å². The third-order valence-electron chi connectivity index (χ3n) is 4.17. The fourth-order valence-corrected chi connectivity index (χ4v) is 3.46. The summed E-state index contributed by atoms with van der Waals surface area (Å²) in [5.41, 5.74) is 3.00. The molecule has 0 aliphatic heterocycles. The molecule has 0 saturated heterocycles. The molecule has 4 aromatic rings. The lowest BCUT2D eigenvalue weighted by atomic mass is 10.1. The Morgan fingerprint density at radius 3 is 2.75 bits per heavy atom. The molecule has 2 aromatic heterocycles. The third-order valence-corrected chi connectivity index (χ3v) is 5.51. The second-order valence-electron chi connectivity index (χ2n) is 6.18. The molecule has 0 N–H and O–H groups in total. The molecule has 28 heavy (non-hydrogen) atoms. The topological polar surface area (TPSA) is 69.6 Å². The van der Waals surface area contributed by atoms with Crippen LogP contribution in [-0.2, 0) is 5.75 Å². The van der Waals surface area contributed by atoms with E-state index in [9.17, 15) is 4.39 Å². The van der Waals surface area contributed by atoms with Crippen LogP contribution in [0.3, 0.4) is 0 Å². The molecule has 2 heterocycles. The molecule has 9 heteroatoms. The van der Waals surface area contributed by atoms with E-state index >= 15 is 0 Å². The minimum atomic E-state index is -0.303. The van der Waals surface area contributed by atoms with E-state index in [1.165, 1.54) is 17.8 Å². The number of hydrogen-bond acceptors (Lipinski definition) is 6. The van der Waals surface area contributed by atoms with Crippen molar-refractivity contribution in [3.05, 3.63) is 70.6 Å². The van der Waals surface area contributed by atoms with Crippen molar-refractivity contribution in [3.63, 3.8) is 0 Å². The summed E-state index contributed by atoms with van der Waals surface area (Å²) in [6.45, 7) is 3.65. The number of nitrogens with zero attached hydrogens (tertiary/aromatic N) is 5. The summed E-state index contributed by atoms with van der Waals surface area (Å²) >= 11 is 7.62. The maximum Gasteiger partial charge on any atom is 0.237 e. The van der Waals surface area contributed by atoms with Gasteiger partial charge in [-0.3, -0.25) is 4.57 Å². The van der Waals surface area contributed by atoms with E-state index in [1.54, 1.807) is 25.4 Å². The summed E-state index contributed by atoms with van der Waals surface area (Å²) in [4.78, 5) is 4.34. The number of rotatable bonds is 5. The van der Waals surface area contributed by atoms with Gasteiger partial charge in [-0.15, -0.1) is 10.2 Å². The van der Waals surface area contributed by atoms with Crippen LogP contribution in [0.5, 0.6) is 0 Å². The molecule has 0 atom stereocenters. The van der Waals surface area contributed by atoms with Crippen molar-refractivity contribution in [1.29, 1.82) is 0 Å². The maximum atomic E-state index is 13.7. The van der Waals surface area contributed by atoms with Crippen molar-refractivity contribution in [2.75, 3.05) is 0 Å². The van der Waals surface area contributed by atoms with Gasteiger partial charge in [0.15, 0.2) is 5.16 Å². The first-order valence-electron chi connectivity index (χ1n) is 8.40. The number of benzene rings is 2. The van der Waals surface area contributed by atoms with E-state index in [1.807, 2.05) is 29.7 Å². The van der Waals surface area contributed by atoms with E-state index in [0.717, 1.165) is 11.3 Å². The summed E-state index contributed by atoms with van der Waals surface area (Å²) < 4.78 is 20.9. The lowest BCUT2D eigenvalue weighted by molar-refractivity contribution is 0.391. The summed E-state index contributed by atoms with van der Waals surface area (Å²) in [6.07, 6.45) is 1.62. The van der Waals surface area contributed by atoms with Crippen LogP contribution in [0.1, 0.15) is 17.0 Å². The van der Waals surface area contributed by atoms with E-state index in [-0.39, 0.29) is 5.82 Å². The van der Waals surface area contributed by atoms with Crippen molar-refractivity contribution < 1.29 is 8.91 Å².